The minimum Gasteiger partial charge on any atom is -0.398 e. The molecule has 162 valence electrons. The van der Waals surface area contributed by atoms with Crippen molar-refractivity contribution in [2.75, 3.05) is 0 Å². The Balaban J connectivity index is 1.67. The fourth-order valence-electron chi connectivity index (χ4n) is 4.33. The highest BCUT2D eigenvalue weighted by atomic mass is 16.7. The zero-order valence-electron chi connectivity index (χ0n) is 18.4. The lowest BCUT2D eigenvalue weighted by Gasteiger charge is -2.14. The van der Waals surface area contributed by atoms with E-state index in [4.69, 9.17) is 9.47 Å². The predicted molar refractivity (Wildman–Crippen MR) is 122 cm³/mol. The van der Waals surface area contributed by atoms with Crippen LogP contribution in [-0.2, 0) is 16.0 Å². The van der Waals surface area contributed by atoms with Crippen LogP contribution in [0.4, 0.5) is 4.79 Å². The van der Waals surface area contributed by atoms with Gasteiger partial charge >= 0.3 is 6.16 Å². The standard InChI is InChI=1S/C27H25NO4/c1-17-13-18(2)24(19(3)14-17)25-23(32-27(30)31-22-10-5-4-6-11-22)16-20(26(25)29)15-21-9-7-8-12-28-21/h4-14,20H,15-16H2,1-3H3. The number of ether oxygens (including phenoxy) is 2. The molecule has 1 heterocycles. The van der Waals surface area contributed by atoms with Crippen LogP contribution < -0.4 is 4.74 Å². The fourth-order valence-corrected chi connectivity index (χ4v) is 4.33. The van der Waals surface area contributed by atoms with E-state index in [0.29, 0.717) is 29.9 Å². The van der Waals surface area contributed by atoms with Crippen LogP contribution in [0.15, 0.2) is 72.6 Å². The van der Waals surface area contributed by atoms with Crippen LogP contribution in [0.25, 0.3) is 5.57 Å². The molecule has 0 amide bonds. The molecule has 4 rings (SSSR count). The topological polar surface area (TPSA) is 65.5 Å². The van der Waals surface area contributed by atoms with Crippen molar-refractivity contribution in [3.8, 4) is 5.75 Å². The molecule has 0 fully saturated rings. The third-order valence-corrected chi connectivity index (χ3v) is 5.59. The Morgan fingerprint density at radius 2 is 1.66 bits per heavy atom. The molecule has 1 unspecified atom stereocenters. The summed E-state index contributed by atoms with van der Waals surface area (Å²) in [5.74, 6) is 0.358. The zero-order valence-corrected chi connectivity index (χ0v) is 18.4. The second-order valence-electron chi connectivity index (χ2n) is 8.13. The van der Waals surface area contributed by atoms with Gasteiger partial charge in [0.15, 0.2) is 5.78 Å². The number of hydrogen-bond donors (Lipinski definition) is 0. The van der Waals surface area contributed by atoms with E-state index in [9.17, 15) is 9.59 Å². The molecule has 0 aliphatic heterocycles. The van der Waals surface area contributed by atoms with Crippen LogP contribution in [0, 0.1) is 26.7 Å². The van der Waals surface area contributed by atoms with Gasteiger partial charge in [0.05, 0.1) is 5.57 Å². The molecule has 1 aliphatic rings. The van der Waals surface area contributed by atoms with E-state index in [0.717, 1.165) is 27.9 Å². The molecule has 0 saturated carbocycles. The van der Waals surface area contributed by atoms with Crippen LogP contribution in [0.3, 0.4) is 0 Å². The molecule has 5 heteroatoms. The summed E-state index contributed by atoms with van der Waals surface area (Å²) < 4.78 is 10.9. The molecular formula is C27H25NO4. The first kappa shape index (κ1) is 21.5. The number of allylic oxidation sites excluding steroid dienone is 2. The van der Waals surface area contributed by atoms with E-state index in [1.165, 1.54) is 0 Å². The number of nitrogens with zero attached hydrogens (tertiary/aromatic N) is 1. The quantitative estimate of drug-likeness (QED) is 0.382. The van der Waals surface area contributed by atoms with Gasteiger partial charge in [0.1, 0.15) is 11.5 Å². The molecule has 3 aromatic rings. The number of pyridine rings is 1. The Labute approximate surface area is 187 Å². The maximum Gasteiger partial charge on any atom is 0.519 e. The normalized spacial score (nSPS) is 15.7. The van der Waals surface area contributed by atoms with Crippen LogP contribution >= 0.6 is 0 Å². The van der Waals surface area contributed by atoms with Crippen molar-refractivity contribution < 1.29 is 19.1 Å². The number of Topliss-reactive ketones (excluding diaryl/α,β-unsaturated/α-hetero) is 1. The first-order valence-electron chi connectivity index (χ1n) is 10.6. The second-order valence-corrected chi connectivity index (χ2v) is 8.13. The average molecular weight is 428 g/mol. The third kappa shape index (κ3) is 4.62. The van der Waals surface area contributed by atoms with Gasteiger partial charge in [-0.1, -0.05) is 42.0 Å². The first-order chi connectivity index (χ1) is 15.4. The Kier molecular flexibility index (Phi) is 6.17. The van der Waals surface area contributed by atoms with Crippen molar-refractivity contribution in [2.24, 2.45) is 5.92 Å². The highest BCUT2D eigenvalue weighted by Crippen LogP contribution is 2.40. The number of ketones is 1. The second kappa shape index (κ2) is 9.18. The van der Waals surface area contributed by atoms with Gasteiger partial charge in [0.25, 0.3) is 0 Å². The van der Waals surface area contributed by atoms with Gasteiger partial charge in [0, 0.05) is 30.7 Å². The van der Waals surface area contributed by atoms with Crippen LogP contribution in [-0.4, -0.2) is 16.9 Å². The highest BCUT2D eigenvalue weighted by Gasteiger charge is 2.38. The van der Waals surface area contributed by atoms with Crippen molar-refractivity contribution in [3.05, 3.63) is 101 Å². The third-order valence-electron chi connectivity index (χ3n) is 5.59. The summed E-state index contributed by atoms with van der Waals surface area (Å²) in [4.78, 5) is 30.4. The number of para-hydroxylation sites is 1. The van der Waals surface area contributed by atoms with Gasteiger partial charge in [0.2, 0.25) is 0 Å². The summed E-state index contributed by atoms with van der Waals surface area (Å²) in [5, 5.41) is 0. The minimum atomic E-state index is -0.850. The molecule has 1 aromatic heterocycles. The van der Waals surface area contributed by atoms with Gasteiger partial charge in [-0.05, 0) is 61.7 Å². The zero-order chi connectivity index (χ0) is 22.7. The van der Waals surface area contributed by atoms with Gasteiger partial charge in [-0.25, -0.2) is 4.79 Å². The Morgan fingerprint density at radius 3 is 2.31 bits per heavy atom. The number of benzene rings is 2. The highest BCUT2D eigenvalue weighted by molar-refractivity contribution is 6.25. The van der Waals surface area contributed by atoms with E-state index in [1.54, 1.807) is 30.5 Å². The lowest BCUT2D eigenvalue weighted by atomic mass is 9.90. The largest absolute Gasteiger partial charge is 0.519 e. The minimum absolute atomic E-state index is 0.0341. The average Bonchev–Trinajstić information content (AvgIpc) is 3.03. The van der Waals surface area contributed by atoms with Crippen molar-refractivity contribution in [3.63, 3.8) is 0 Å². The lowest BCUT2D eigenvalue weighted by molar-refractivity contribution is -0.116. The van der Waals surface area contributed by atoms with Gasteiger partial charge in [-0.2, -0.15) is 0 Å². The summed E-state index contributed by atoms with van der Waals surface area (Å²) >= 11 is 0. The van der Waals surface area contributed by atoms with E-state index >= 15 is 0 Å². The summed E-state index contributed by atoms with van der Waals surface area (Å²) in [6.45, 7) is 5.97. The van der Waals surface area contributed by atoms with Crippen LogP contribution in [0.2, 0.25) is 0 Å². The maximum absolute atomic E-state index is 13.5. The van der Waals surface area contributed by atoms with Gasteiger partial charge in [-0.3, -0.25) is 9.78 Å². The molecule has 32 heavy (non-hydrogen) atoms. The molecule has 1 aliphatic carbocycles. The number of carbonyl (C=O) groups is 2. The number of hydrogen-bond acceptors (Lipinski definition) is 5. The maximum atomic E-state index is 13.5. The predicted octanol–water partition coefficient (Wildman–Crippen LogP) is 5.77. The van der Waals surface area contributed by atoms with Crippen molar-refractivity contribution in [1.29, 1.82) is 0 Å². The number of aryl methyl sites for hydroxylation is 3. The molecule has 0 spiro atoms. The summed E-state index contributed by atoms with van der Waals surface area (Å²) in [5.41, 5.74) is 5.18. The van der Waals surface area contributed by atoms with Crippen LogP contribution in [0.1, 0.15) is 34.4 Å². The Bertz CT molecular complexity index is 1160. The molecule has 0 saturated heterocycles. The summed E-state index contributed by atoms with van der Waals surface area (Å²) in [6, 6.07) is 18.4. The molecule has 0 bridgehead atoms. The SMILES string of the molecule is Cc1cc(C)c(C2=C(OC(=O)Oc3ccccc3)CC(Cc3ccccn3)C2=O)c(C)c1. The van der Waals surface area contributed by atoms with Crippen LogP contribution in [0.5, 0.6) is 5.75 Å². The first-order valence-corrected chi connectivity index (χ1v) is 10.6. The van der Waals surface area contributed by atoms with Crippen molar-refractivity contribution in [1.82, 2.24) is 4.98 Å². The number of carbonyl (C=O) groups excluding carboxylic acids is 2. The molecule has 5 nitrogen and oxygen atoms in total. The number of aromatic nitrogens is 1. The van der Waals surface area contributed by atoms with E-state index in [-0.39, 0.29) is 11.7 Å². The number of rotatable bonds is 5. The molecule has 2 aromatic carbocycles. The van der Waals surface area contributed by atoms with E-state index in [1.807, 2.05) is 57.2 Å². The fraction of sp³-hybridized carbons (Fsp3) is 0.222. The Morgan fingerprint density at radius 1 is 0.969 bits per heavy atom. The van der Waals surface area contributed by atoms with Crippen molar-refractivity contribution >= 4 is 17.5 Å². The molecule has 0 N–H and O–H groups in total. The molecular weight excluding hydrogens is 402 g/mol. The van der Waals surface area contributed by atoms with Crippen molar-refractivity contribution in [2.45, 2.75) is 33.6 Å². The monoisotopic (exact) mass is 427 g/mol. The van der Waals surface area contributed by atoms with E-state index < -0.39 is 6.16 Å². The lowest BCUT2D eigenvalue weighted by Crippen LogP contribution is -2.14. The Hall–Kier alpha value is -3.73. The summed E-state index contributed by atoms with van der Waals surface area (Å²) in [6.07, 6.45) is 1.67. The van der Waals surface area contributed by atoms with Gasteiger partial charge < -0.3 is 9.47 Å². The smallest absolute Gasteiger partial charge is 0.398 e. The molecule has 1 atom stereocenters. The van der Waals surface area contributed by atoms with E-state index in [2.05, 4.69) is 4.98 Å². The van der Waals surface area contributed by atoms with Gasteiger partial charge in [-0.15, -0.1) is 0 Å². The molecule has 0 radical (unpaired) electrons. The summed E-state index contributed by atoms with van der Waals surface area (Å²) in [7, 11) is 0.